The van der Waals surface area contributed by atoms with Crippen LogP contribution in [0.2, 0.25) is 0 Å². The molecule has 0 fully saturated rings. The molecule has 0 aliphatic rings. The number of non-ortho nitro benzene ring substituents is 1. The number of amides is 1. The molecule has 1 amide bonds. The van der Waals surface area contributed by atoms with E-state index in [0.717, 1.165) is 5.75 Å². The number of hydrogen-bond acceptors (Lipinski definition) is 7. The fourth-order valence-corrected chi connectivity index (χ4v) is 3.00. The van der Waals surface area contributed by atoms with Gasteiger partial charge in [-0.2, -0.15) is 0 Å². The van der Waals surface area contributed by atoms with E-state index in [1.807, 2.05) is 30.3 Å². The maximum Gasteiger partial charge on any atom is 0.271 e. The number of rotatable bonds is 9. The van der Waals surface area contributed by atoms with Crippen LogP contribution >= 0.6 is 12.2 Å². The van der Waals surface area contributed by atoms with Crippen molar-refractivity contribution in [2.45, 2.75) is 0 Å². The highest BCUT2D eigenvalue weighted by molar-refractivity contribution is 7.80. The highest BCUT2D eigenvalue weighted by Gasteiger charge is 2.14. The summed E-state index contributed by atoms with van der Waals surface area (Å²) >= 11 is 5.18. The maximum absolute atomic E-state index is 12.6. The Labute approximate surface area is 195 Å². The van der Waals surface area contributed by atoms with Crippen molar-refractivity contribution in [2.24, 2.45) is 0 Å². The Balaban J connectivity index is 1.55. The van der Waals surface area contributed by atoms with Gasteiger partial charge in [0.15, 0.2) is 5.11 Å². The molecule has 3 aromatic carbocycles. The van der Waals surface area contributed by atoms with Crippen LogP contribution in [0, 0.1) is 10.1 Å². The van der Waals surface area contributed by atoms with Crippen LogP contribution < -0.4 is 24.8 Å². The maximum atomic E-state index is 12.6. The minimum Gasteiger partial charge on any atom is -0.495 e. The fourth-order valence-electron chi connectivity index (χ4n) is 2.80. The summed E-state index contributed by atoms with van der Waals surface area (Å²) in [7, 11) is 1.42. The lowest BCUT2D eigenvalue weighted by atomic mass is 10.2. The van der Waals surface area contributed by atoms with Gasteiger partial charge in [-0.15, -0.1) is 0 Å². The second-order valence-corrected chi connectivity index (χ2v) is 7.00. The molecule has 33 heavy (non-hydrogen) atoms. The van der Waals surface area contributed by atoms with Crippen molar-refractivity contribution in [3.63, 3.8) is 0 Å². The Morgan fingerprint density at radius 3 is 2.36 bits per heavy atom. The normalized spacial score (nSPS) is 10.1. The molecule has 0 bridgehead atoms. The molecule has 0 aliphatic carbocycles. The molecule has 170 valence electrons. The molecule has 0 atom stereocenters. The molecule has 3 aromatic rings. The fraction of sp³-hybridized carbons (Fsp3) is 0.130. The van der Waals surface area contributed by atoms with Crippen molar-refractivity contribution in [2.75, 3.05) is 25.6 Å². The minimum atomic E-state index is -0.539. The van der Waals surface area contributed by atoms with Crippen LogP contribution in [-0.2, 0) is 0 Å². The molecule has 0 heterocycles. The van der Waals surface area contributed by atoms with Gasteiger partial charge in [0.2, 0.25) is 0 Å². The van der Waals surface area contributed by atoms with Crippen LogP contribution in [-0.4, -0.2) is 36.3 Å². The highest BCUT2D eigenvalue weighted by atomic mass is 32.1. The van der Waals surface area contributed by atoms with Crippen molar-refractivity contribution < 1.29 is 23.9 Å². The number of carbonyl (C=O) groups excluding carboxylic acids is 1. The number of nitro groups is 1. The quantitative estimate of drug-likeness (QED) is 0.209. The molecule has 0 saturated heterocycles. The molecule has 0 spiro atoms. The molecule has 9 nitrogen and oxygen atoms in total. The van der Waals surface area contributed by atoms with E-state index in [4.69, 9.17) is 26.4 Å². The molecule has 0 aromatic heterocycles. The lowest BCUT2D eigenvalue weighted by Crippen LogP contribution is -2.34. The Morgan fingerprint density at radius 2 is 1.67 bits per heavy atom. The number of thiocarbonyl (C=S) groups is 1. The summed E-state index contributed by atoms with van der Waals surface area (Å²) in [5, 5.41) is 16.3. The molecule has 0 radical (unpaired) electrons. The van der Waals surface area contributed by atoms with Crippen molar-refractivity contribution in [3.05, 3.63) is 88.5 Å². The lowest BCUT2D eigenvalue weighted by Gasteiger charge is -2.13. The summed E-state index contributed by atoms with van der Waals surface area (Å²) < 4.78 is 16.4. The van der Waals surface area contributed by atoms with Gasteiger partial charge in [0.25, 0.3) is 11.6 Å². The Kier molecular flexibility index (Phi) is 8.14. The zero-order chi connectivity index (χ0) is 23.6. The first kappa shape index (κ1) is 23.5. The molecule has 0 saturated carbocycles. The summed E-state index contributed by atoms with van der Waals surface area (Å²) in [5.41, 5.74) is 0.438. The van der Waals surface area contributed by atoms with Gasteiger partial charge in [0.05, 0.1) is 17.7 Å². The summed E-state index contributed by atoms with van der Waals surface area (Å²) in [6, 6.07) is 20.0. The van der Waals surface area contributed by atoms with E-state index >= 15 is 0 Å². The van der Waals surface area contributed by atoms with Crippen molar-refractivity contribution >= 4 is 34.6 Å². The molecular formula is C23H21N3O6S. The Morgan fingerprint density at radius 1 is 0.970 bits per heavy atom. The van der Waals surface area contributed by atoms with E-state index in [-0.39, 0.29) is 16.5 Å². The average molecular weight is 468 g/mol. The summed E-state index contributed by atoms with van der Waals surface area (Å²) in [5.74, 6) is 1.11. The van der Waals surface area contributed by atoms with E-state index in [9.17, 15) is 14.9 Å². The molecule has 2 N–H and O–H groups in total. The number of methoxy groups -OCH3 is 1. The third-order valence-electron chi connectivity index (χ3n) is 4.33. The number of nitrogens with zero attached hydrogens (tertiary/aromatic N) is 1. The molecule has 10 heteroatoms. The van der Waals surface area contributed by atoms with Crippen molar-refractivity contribution in [1.82, 2.24) is 5.32 Å². The zero-order valence-electron chi connectivity index (χ0n) is 17.6. The van der Waals surface area contributed by atoms with Crippen LogP contribution in [0.3, 0.4) is 0 Å². The van der Waals surface area contributed by atoms with Gasteiger partial charge in [0.1, 0.15) is 30.5 Å². The monoisotopic (exact) mass is 467 g/mol. The standard InChI is InChI=1S/C23H21N3O6S/c1-30-21-11-10-17(26(28)29)15-20(21)24-23(33)25-22(27)16-6-5-9-19(14-16)32-13-12-31-18-7-3-2-4-8-18/h2-11,14-15H,12-13H2,1H3,(H2,24,25,27,33). The van der Waals surface area contributed by atoms with E-state index in [0.29, 0.717) is 30.3 Å². The van der Waals surface area contributed by atoms with Crippen LogP contribution in [0.4, 0.5) is 11.4 Å². The van der Waals surface area contributed by atoms with Gasteiger partial charge in [-0.1, -0.05) is 24.3 Å². The van der Waals surface area contributed by atoms with Gasteiger partial charge < -0.3 is 19.5 Å². The number of ether oxygens (including phenoxy) is 3. The molecular weight excluding hydrogens is 446 g/mol. The lowest BCUT2D eigenvalue weighted by molar-refractivity contribution is -0.384. The summed E-state index contributed by atoms with van der Waals surface area (Å²) in [6.07, 6.45) is 0. The van der Waals surface area contributed by atoms with Gasteiger partial charge in [-0.25, -0.2) is 0 Å². The number of anilines is 1. The van der Waals surface area contributed by atoms with Crippen molar-refractivity contribution in [1.29, 1.82) is 0 Å². The van der Waals surface area contributed by atoms with Gasteiger partial charge in [0, 0.05) is 17.7 Å². The SMILES string of the molecule is COc1ccc([N+](=O)[O-])cc1NC(=S)NC(=O)c1cccc(OCCOc2ccccc2)c1. The second kappa shape index (κ2) is 11.4. The first-order valence-corrected chi connectivity index (χ1v) is 10.2. The van der Waals surface area contributed by atoms with E-state index in [2.05, 4.69) is 10.6 Å². The average Bonchev–Trinajstić information content (AvgIpc) is 2.82. The van der Waals surface area contributed by atoms with E-state index < -0.39 is 10.8 Å². The van der Waals surface area contributed by atoms with Gasteiger partial charge in [-0.3, -0.25) is 20.2 Å². The summed E-state index contributed by atoms with van der Waals surface area (Å²) in [6.45, 7) is 0.645. The first-order valence-electron chi connectivity index (χ1n) is 9.82. The second-order valence-electron chi connectivity index (χ2n) is 6.59. The number of benzene rings is 3. The Bertz CT molecular complexity index is 1140. The number of hydrogen-bond donors (Lipinski definition) is 2. The number of para-hydroxylation sites is 1. The van der Waals surface area contributed by atoms with Crippen LogP contribution in [0.1, 0.15) is 10.4 Å². The summed E-state index contributed by atoms with van der Waals surface area (Å²) in [4.78, 5) is 23.1. The van der Waals surface area contributed by atoms with Crippen molar-refractivity contribution in [3.8, 4) is 17.2 Å². The van der Waals surface area contributed by atoms with Gasteiger partial charge >= 0.3 is 0 Å². The number of carbonyl (C=O) groups is 1. The van der Waals surface area contributed by atoms with Crippen LogP contribution in [0.25, 0.3) is 0 Å². The predicted octanol–water partition coefficient (Wildman–Crippen LogP) is 4.19. The minimum absolute atomic E-state index is 0.0404. The van der Waals surface area contributed by atoms with Crippen LogP contribution in [0.15, 0.2) is 72.8 Å². The largest absolute Gasteiger partial charge is 0.495 e. The van der Waals surface area contributed by atoms with Gasteiger partial charge in [-0.05, 0) is 48.6 Å². The molecule has 3 rings (SSSR count). The van der Waals surface area contributed by atoms with Crippen LogP contribution in [0.5, 0.6) is 17.2 Å². The number of nitro benzene ring substituents is 1. The highest BCUT2D eigenvalue weighted by Crippen LogP contribution is 2.28. The van der Waals surface area contributed by atoms with E-state index in [1.165, 1.54) is 25.3 Å². The smallest absolute Gasteiger partial charge is 0.271 e. The molecule has 0 aliphatic heterocycles. The zero-order valence-corrected chi connectivity index (χ0v) is 18.5. The van der Waals surface area contributed by atoms with E-state index in [1.54, 1.807) is 24.3 Å². The predicted molar refractivity (Wildman–Crippen MR) is 127 cm³/mol. The first-order chi connectivity index (χ1) is 16.0. The third kappa shape index (κ3) is 6.91. The third-order valence-corrected chi connectivity index (χ3v) is 4.53. The number of nitrogens with one attached hydrogen (secondary N) is 2. The molecule has 0 unspecified atom stereocenters. The topological polar surface area (TPSA) is 112 Å². The Hall–Kier alpha value is -4.18.